The van der Waals surface area contributed by atoms with Crippen LogP contribution < -0.4 is 22.1 Å². The van der Waals surface area contributed by atoms with E-state index in [-0.39, 0.29) is 23.7 Å². The van der Waals surface area contributed by atoms with Crippen LogP contribution in [-0.2, 0) is 38.4 Å². The van der Waals surface area contributed by atoms with E-state index >= 15 is 0 Å². The second kappa shape index (κ2) is 20.5. The molecule has 250 valence electrons. The van der Waals surface area contributed by atoms with Gasteiger partial charge in [-0.15, -0.1) is 0 Å². The summed E-state index contributed by atoms with van der Waals surface area (Å²) in [5, 5.41) is 50.9. The molecule has 12 N–H and O–H groups in total. The number of rotatable bonds is 4. The van der Waals surface area contributed by atoms with Crippen LogP contribution in [-0.4, -0.2) is 153 Å². The summed E-state index contributed by atoms with van der Waals surface area (Å²) in [7, 11) is 0. The minimum Gasteiger partial charge on any atom is -0.473 e. The Morgan fingerprint density at radius 2 is 0.659 bits per heavy atom. The van der Waals surface area contributed by atoms with Crippen LogP contribution in [0.3, 0.4) is 0 Å². The third kappa shape index (κ3) is 16.3. The van der Waals surface area contributed by atoms with Crippen molar-refractivity contribution in [1.29, 1.82) is 0 Å². The number of nitrogens with two attached hydrogens (primary N) is 2. The first-order valence-electron chi connectivity index (χ1n) is 13.3. The van der Waals surface area contributed by atoms with Crippen molar-refractivity contribution < 1.29 is 69.0 Å². The molecule has 4 fully saturated rings. The lowest BCUT2D eigenvalue weighted by atomic mass is 9.94. The van der Waals surface area contributed by atoms with Gasteiger partial charge in [-0.2, -0.15) is 0 Å². The predicted molar refractivity (Wildman–Crippen MR) is 146 cm³/mol. The van der Waals surface area contributed by atoms with Gasteiger partial charge in [0.2, 0.25) is 11.8 Å². The number of nitrogens with zero attached hydrogens (tertiary/aromatic N) is 2. The lowest BCUT2D eigenvalue weighted by Crippen LogP contribution is -2.59. The molecular formula is C24H40N6O14. The third-order valence-corrected chi connectivity index (χ3v) is 6.97. The molecule has 44 heavy (non-hydrogen) atoms. The number of carbonyl (C=O) groups is 8. The zero-order valence-corrected chi connectivity index (χ0v) is 23.8. The smallest absolute Gasteiger partial charge is 0.414 e. The molecule has 4 aliphatic rings. The van der Waals surface area contributed by atoms with Crippen LogP contribution in [0.1, 0.15) is 25.7 Å². The molecule has 0 unspecified atom stereocenters. The van der Waals surface area contributed by atoms with Crippen molar-refractivity contribution in [2.75, 3.05) is 52.4 Å². The molecule has 0 saturated carbocycles. The van der Waals surface area contributed by atoms with Crippen molar-refractivity contribution in [2.45, 2.75) is 37.8 Å². The minimum atomic E-state index is -1.82. The first kappa shape index (κ1) is 39.6. The number of carbonyl (C=O) groups excluding carboxylic acids is 2. The number of carboxylic acids is 6. The molecule has 20 nitrogen and oxygen atoms in total. The van der Waals surface area contributed by atoms with Crippen molar-refractivity contribution in [3.05, 3.63) is 0 Å². The van der Waals surface area contributed by atoms with Gasteiger partial charge in [0.25, 0.3) is 0 Å². The van der Waals surface area contributed by atoms with Gasteiger partial charge in [-0.25, -0.2) is 28.8 Å². The molecule has 4 saturated heterocycles. The van der Waals surface area contributed by atoms with Gasteiger partial charge < -0.3 is 52.7 Å². The average molecular weight is 637 g/mol. The Hall–Kier alpha value is -4.40. The van der Waals surface area contributed by atoms with Crippen LogP contribution in [0.5, 0.6) is 0 Å². The normalized spacial score (nSPS) is 19.0. The van der Waals surface area contributed by atoms with Crippen LogP contribution in [0.2, 0.25) is 0 Å². The van der Waals surface area contributed by atoms with Crippen LogP contribution >= 0.6 is 0 Å². The average Bonchev–Trinajstić information content (AvgIpc) is 2.88. The summed E-state index contributed by atoms with van der Waals surface area (Å²) in [5.74, 6) is -10.9. The van der Waals surface area contributed by atoms with Crippen molar-refractivity contribution >= 4 is 47.6 Å². The van der Waals surface area contributed by atoms with Crippen LogP contribution in [0, 0.1) is 11.8 Å². The number of nitrogens with one attached hydrogen (secondary N) is 2. The molecule has 0 aromatic heterocycles. The number of piperidine rings is 2. The summed E-state index contributed by atoms with van der Waals surface area (Å²) in [6.07, 6.45) is 3.80. The molecule has 0 aromatic carbocycles. The van der Waals surface area contributed by atoms with E-state index in [1.807, 2.05) is 0 Å². The molecule has 0 spiro atoms. The summed E-state index contributed by atoms with van der Waals surface area (Å²) in [5.41, 5.74) is 10.5. The van der Waals surface area contributed by atoms with E-state index < -0.39 is 35.8 Å². The second-order valence-corrected chi connectivity index (χ2v) is 9.88. The largest absolute Gasteiger partial charge is 0.473 e. The highest BCUT2D eigenvalue weighted by molar-refractivity contribution is 6.28. The maximum atomic E-state index is 10.9. The number of hydrogen-bond acceptors (Lipinski definition) is 12. The molecule has 0 bridgehead atoms. The zero-order valence-electron chi connectivity index (χ0n) is 23.8. The summed E-state index contributed by atoms with van der Waals surface area (Å²) in [6.45, 7) is 8.62. The summed E-state index contributed by atoms with van der Waals surface area (Å²) < 4.78 is 0. The molecule has 0 aliphatic carbocycles. The number of likely N-dealkylation sites (tertiary alicyclic amines) is 2. The van der Waals surface area contributed by atoms with E-state index in [9.17, 15) is 9.59 Å². The zero-order chi connectivity index (χ0) is 34.0. The SMILES string of the molecule is NC(=O)C1CCN(C2CNC2)CC1.NC(=O)C1CCN(C2CNC2)CC1.O=C(O)C(=O)O.O=C(O)C(=O)O.O=C(O)C(=O)O. The Morgan fingerprint density at radius 3 is 0.773 bits per heavy atom. The number of primary amides is 2. The molecule has 4 aliphatic heterocycles. The number of aliphatic carboxylic acids is 6. The molecule has 4 rings (SSSR count). The van der Waals surface area contributed by atoms with Gasteiger partial charge in [-0.3, -0.25) is 19.4 Å². The molecule has 0 aromatic rings. The molecule has 0 radical (unpaired) electrons. The van der Waals surface area contributed by atoms with Crippen LogP contribution in [0.4, 0.5) is 0 Å². The van der Waals surface area contributed by atoms with E-state index in [0.717, 1.165) is 78.0 Å². The molecular weight excluding hydrogens is 596 g/mol. The third-order valence-electron chi connectivity index (χ3n) is 6.97. The molecule has 0 atom stereocenters. The fourth-order valence-electron chi connectivity index (χ4n) is 4.16. The Balaban J connectivity index is 0.000000558. The molecule has 20 heteroatoms. The van der Waals surface area contributed by atoms with Gasteiger partial charge >= 0.3 is 35.8 Å². The van der Waals surface area contributed by atoms with E-state index in [2.05, 4.69) is 20.4 Å². The Bertz CT molecular complexity index is 880. The van der Waals surface area contributed by atoms with Gasteiger partial charge in [0.1, 0.15) is 0 Å². The number of carboxylic acid groups (broad SMARTS) is 6. The molecule has 2 amide bonds. The van der Waals surface area contributed by atoms with E-state index in [4.69, 9.17) is 70.9 Å². The Morgan fingerprint density at radius 1 is 0.455 bits per heavy atom. The first-order valence-corrected chi connectivity index (χ1v) is 13.3. The van der Waals surface area contributed by atoms with E-state index in [1.54, 1.807) is 0 Å². The van der Waals surface area contributed by atoms with Crippen molar-refractivity contribution in [3.8, 4) is 0 Å². The van der Waals surface area contributed by atoms with Gasteiger partial charge in [0.15, 0.2) is 0 Å². The van der Waals surface area contributed by atoms with Gasteiger partial charge in [-0.05, 0) is 51.9 Å². The highest BCUT2D eigenvalue weighted by atomic mass is 16.5. The number of hydrogen-bond donors (Lipinski definition) is 10. The van der Waals surface area contributed by atoms with Gasteiger partial charge in [0.05, 0.1) is 0 Å². The summed E-state index contributed by atoms with van der Waals surface area (Å²) >= 11 is 0. The van der Waals surface area contributed by atoms with Crippen LogP contribution in [0.25, 0.3) is 0 Å². The monoisotopic (exact) mass is 636 g/mol. The second-order valence-electron chi connectivity index (χ2n) is 9.88. The molecule has 4 heterocycles. The minimum absolute atomic E-state index is 0.119. The number of amides is 2. The van der Waals surface area contributed by atoms with Crippen molar-refractivity contribution in [3.63, 3.8) is 0 Å². The quantitative estimate of drug-likeness (QED) is 0.131. The lowest BCUT2D eigenvalue weighted by molar-refractivity contribution is -0.159. The summed E-state index contributed by atoms with van der Waals surface area (Å²) in [6, 6.07) is 1.43. The lowest BCUT2D eigenvalue weighted by Gasteiger charge is -2.41. The van der Waals surface area contributed by atoms with Gasteiger partial charge in [0, 0.05) is 50.1 Å². The van der Waals surface area contributed by atoms with Gasteiger partial charge in [-0.1, -0.05) is 0 Å². The highest BCUT2D eigenvalue weighted by Gasteiger charge is 2.31. The van der Waals surface area contributed by atoms with Crippen molar-refractivity contribution in [2.24, 2.45) is 23.3 Å². The predicted octanol–water partition coefficient (Wildman–Crippen LogP) is -4.22. The van der Waals surface area contributed by atoms with E-state index in [0.29, 0.717) is 12.1 Å². The van der Waals surface area contributed by atoms with E-state index in [1.165, 1.54) is 0 Å². The Labute approximate surface area is 250 Å². The fourth-order valence-corrected chi connectivity index (χ4v) is 4.16. The Kier molecular flexibility index (Phi) is 18.4. The van der Waals surface area contributed by atoms with Crippen molar-refractivity contribution in [1.82, 2.24) is 20.4 Å². The standard InChI is InChI=1S/2C9H17N3O.3C2H2O4/c2*10-9(13)7-1-3-12(4-2-7)8-5-11-6-8;3*3-1(4)2(5)6/h2*7-8,11H,1-6H2,(H2,10,13);3*(H,3,4)(H,5,6). The topological polar surface area (TPSA) is 341 Å². The summed E-state index contributed by atoms with van der Waals surface area (Å²) in [4.78, 5) is 81.3. The maximum absolute atomic E-state index is 10.9. The highest BCUT2D eigenvalue weighted by Crippen LogP contribution is 2.20. The maximum Gasteiger partial charge on any atom is 0.414 e. The first-order chi connectivity index (χ1) is 20.5. The van der Waals surface area contributed by atoms with Crippen LogP contribution in [0.15, 0.2) is 0 Å². The fraction of sp³-hybridized carbons (Fsp3) is 0.667.